The molecule has 1 rings (SSSR count). The van der Waals surface area contributed by atoms with E-state index < -0.39 is 6.43 Å². The Morgan fingerprint density at radius 1 is 1.64 bits per heavy atom. The highest BCUT2D eigenvalue weighted by Crippen LogP contribution is 2.23. The number of alkyl halides is 3. The van der Waals surface area contributed by atoms with Gasteiger partial charge in [0.2, 0.25) is 0 Å². The van der Waals surface area contributed by atoms with E-state index in [1.807, 2.05) is 22.6 Å². The van der Waals surface area contributed by atoms with Crippen molar-refractivity contribution in [2.75, 3.05) is 0 Å². The molecule has 0 saturated carbocycles. The predicted molar refractivity (Wildman–Crippen MR) is 59.9 cm³/mol. The number of nitrogens with zero attached hydrogens (tertiary/aromatic N) is 1. The van der Waals surface area contributed by atoms with E-state index >= 15 is 0 Å². The molecule has 6 heteroatoms. The lowest BCUT2D eigenvalue weighted by atomic mass is 10.2. The minimum absolute atomic E-state index is 0.289. The van der Waals surface area contributed by atoms with E-state index in [0.717, 1.165) is 0 Å². The Morgan fingerprint density at radius 3 is 2.71 bits per heavy atom. The van der Waals surface area contributed by atoms with Crippen LogP contribution in [0.3, 0.4) is 0 Å². The molecule has 1 aromatic rings. The molecular formula is C8H5BrF2INO. The Balaban J connectivity index is 3.31. The van der Waals surface area contributed by atoms with Gasteiger partial charge in [0.25, 0.3) is 6.43 Å². The second kappa shape index (κ2) is 5.11. The Kier molecular flexibility index (Phi) is 4.36. The summed E-state index contributed by atoms with van der Waals surface area (Å²) < 4.78 is 25.2. The second-order valence-electron chi connectivity index (χ2n) is 2.44. The molecule has 0 spiro atoms. The monoisotopic (exact) mass is 375 g/mol. The number of aromatic nitrogens is 1. The third-order valence-electron chi connectivity index (χ3n) is 1.57. The van der Waals surface area contributed by atoms with E-state index in [4.69, 9.17) is 0 Å². The normalized spacial score (nSPS) is 10.6. The summed E-state index contributed by atoms with van der Waals surface area (Å²) in [5.41, 5.74) is 0.420. The Labute approximate surface area is 101 Å². The zero-order valence-electron chi connectivity index (χ0n) is 6.81. The second-order valence-corrected chi connectivity index (χ2v) is 4.16. The standard InChI is InChI=1S/C8H5BrF2INO/c9-2-7-4(3-14)5(12)1-6(13-7)8(10)11/h1,3,8H,2H2. The molecule has 0 aliphatic heterocycles. The van der Waals surface area contributed by atoms with Crippen LogP contribution in [-0.4, -0.2) is 11.3 Å². The topological polar surface area (TPSA) is 30.0 Å². The van der Waals surface area contributed by atoms with Crippen molar-refractivity contribution in [1.29, 1.82) is 0 Å². The highest BCUT2D eigenvalue weighted by Gasteiger charge is 2.15. The lowest BCUT2D eigenvalue weighted by molar-refractivity contribution is 0.112. The zero-order chi connectivity index (χ0) is 10.7. The van der Waals surface area contributed by atoms with Crippen LogP contribution < -0.4 is 0 Å². The van der Waals surface area contributed by atoms with Gasteiger partial charge in [0.1, 0.15) is 5.69 Å². The Morgan fingerprint density at radius 2 is 2.29 bits per heavy atom. The largest absolute Gasteiger partial charge is 0.298 e. The van der Waals surface area contributed by atoms with Gasteiger partial charge in [0, 0.05) is 8.90 Å². The van der Waals surface area contributed by atoms with E-state index in [9.17, 15) is 13.6 Å². The maximum absolute atomic E-state index is 12.3. The average Bonchev–Trinajstić information content (AvgIpc) is 2.16. The fourth-order valence-electron chi connectivity index (χ4n) is 0.932. The van der Waals surface area contributed by atoms with Crippen LogP contribution in [0.5, 0.6) is 0 Å². The molecular weight excluding hydrogens is 371 g/mol. The lowest BCUT2D eigenvalue weighted by Gasteiger charge is -2.06. The van der Waals surface area contributed by atoms with Crippen LogP contribution >= 0.6 is 38.5 Å². The summed E-state index contributed by atoms with van der Waals surface area (Å²) in [6, 6.07) is 1.22. The number of carbonyl (C=O) groups is 1. The minimum Gasteiger partial charge on any atom is -0.298 e. The van der Waals surface area contributed by atoms with E-state index in [1.165, 1.54) is 6.07 Å². The third kappa shape index (κ3) is 2.47. The molecule has 0 aliphatic carbocycles. The minimum atomic E-state index is -2.61. The molecule has 14 heavy (non-hydrogen) atoms. The Hall–Kier alpha value is -0.110. The summed E-state index contributed by atoms with van der Waals surface area (Å²) >= 11 is 4.94. The Bertz CT molecular complexity index is 359. The molecule has 0 atom stereocenters. The molecule has 0 amide bonds. The van der Waals surface area contributed by atoms with Gasteiger partial charge in [-0.05, 0) is 28.7 Å². The third-order valence-corrected chi connectivity index (χ3v) is 3.00. The molecule has 0 aromatic carbocycles. The summed E-state index contributed by atoms with van der Waals surface area (Å²) in [4.78, 5) is 14.3. The fourth-order valence-corrected chi connectivity index (χ4v) is 2.12. The summed E-state index contributed by atoms with van der Waals surface area (Å²) in [7, 11) is 0. The van der Waals surface area contributed by atoms with Gasteiger partial charge in [-0.15, -0.1) is 0 Å². The van der Waals surface area contributed by atoms with Gasteiger partial charge in [-0.3, -0.25) is 9.78 Å². The summed E-state index contributed by atoms with van der Waals surface area (Å²) in [6.45, 7) is 0. The van der Waals surface area contributed by atoms with Crippen molar-refractivity contribution < 1.29 is 13.6 Å². The summed E-state index contributed by atoms with van der Waals surface area (Å²) in [5, 5.41) is 0.289. The number of hydrogen-bond acceptors (Lipinski definition) is 2. The van der Waals surface area contributed by atoms with Crippen LogP contribution in [-0.2, 0) is 5.33 Å². The SMILES string of the molecule is O=Cc1c(I)cc(C(F)F)nc1CBr. The van der Waals surface area contributed by atoms with E-state index in [-0.39, 0.29) is 11.0 Å². The van der Waals surface area contributed by atoms with Crippen LogP contribution in [0.1, 0.15) is 28.2 Å². The zero-order valence-corrected chi connectivity index (χ0v) is 10.5. The van der Waals surface area contributed by atoms with Crippen LogP contribution in [0.2, 0.25) is 0 Å². The number of halogens is 4. The first-order chi connectivity index (χ1) is 6.60. The van der Waals surface area contributed by atoms with Gasteiger partial charge in [0.05, 0.1) is 11.3 Å². The quantitative estimate of drug-likeness (QED) is 0.461. The van der Waals surface area contributed by atoms with Crippen molar-refractivity contribution in [3.8, 4) is 0 Å². The molecule has 1 heterocycles. The van der Waals surface area contributed by atoms with Crippen LogP contribution in [0.4, 0.5) is 8.78 Å². The van der Waals surface area contributed by atoms with E-state index in [1.54, 1.807) is 0 Å². The van der Waals surface area contributed by atoms with Gasteiger partial charge in [0.15, 0.2) is 6.29 Å². The van der Waals surface area contributed by atoms with Crippen molar-refractivity contribution in [2.24, 2.45) is 0 Å². The molecule has 2 nitrogen and oxygen atoms in total. The molecule has 1 aromatic heterocycles. The van der Waals surface area contributed by atoms with Gasteiger partial charge in [-0.2, -0.15) is 0 Å². The molecule has 0 unspecified atom stereocenters. The lowest BCUT2D eigenvalue weighted by Crippen LogP contribution is -2.02. The van der Waals surface area contributed by atoms with Crippen molar-refractivity contribution >= 4 is 44.8 Å². The van der Waals surface area contributed by atoms with Crippen molar-refractivity contribution in [3.63, 3.8) is 0 Å². The number of hydrogen-bond donors (Lipinski definition) is 0. The number of carbonyl (C=O) groups excluding carboxylic acids is 1. The maximum Gasteiger partial charge on any atom is 0.280 e. The highest BCUT2D eigenvalue weighted by atomic mass is 127. The predicted octanol–water partition coefficient (Wildman–Crippen LogP) is 3.33. The first kappa shape index (κ1) is 12.0. The van der Waals surface area contributed by atoms with Gasteiger partial charge in [-0.25, -0.2) is 8.78 Å². The molecule has 0 radical (unpaired) electrons. The van der Waals surface area contributed by atoms with Crippen LogP contribution in [0.15, 0.2) is 6.07 Å². The fraction of sp³-hybridized carbons (Fsp3) is 0.250. The van der Waals surface area contributed by atoms with Gasteiger partial charge in [-0.1, -0.05) is 15.9 Å². The average molecular weight is 376 g/mol. The number of rotatable bonds is 3. The summed E-state index contributed by atoms with van der Waals surface area (Å²) in [5.74, 6) is 0. The van der Waals surface area contributed by atoms with E-state index in [0.29, 0.717) is 21.1 Å². The van der Waals surface area contributed by atoms with Crippen LogP contribution in [0.25, 0.3) is 0 Å². The van der Waals surface area contributed by atoms with Crippen LogP contribution in [0, 0.1) is 3.57 Å². The van der Waals surface area contributed by atoms with Crippen molar-refractivity contribution in [3.05, 3.63) is 26.6 Å². The van der Waals surface area contributed by atoms with Gasteiger partial charge >= 0.3 is 0 Å². The number of pyridine rings is 1. The summed E-state index contributed by atoms with van der Waals surface area (Å²) in [6.07, 6.45) is -1.98. The highest BCUT2D eigenvalue weighted by molar-refractivity contribution is 14.1. The number of aldehydes is 1. The molecule has 0 saturated heterocycles. The van der Waals surface area contributed by atoms with E-state index in [2.05, 4.69) is 20.9 Å². The molecule has 0 bridgehead atoms. The molecule has 0 N–H and O–H groups in total. The molecule has 76 valence electrons. The molecule has 0 fully saturated rings. The first-order valence-corrected chi connectivity index (χ1v) is 5.78. The smallest absolute Gasteiger partial charge is 0.280 e. The first-order valence-electron chi connectivity index (χ1n) is 3.58. The molecule has 0 aliphatic rings. The van der Waals surface area contributed by atoms with Gasteiger partial charge < -0.3 is 0 Å². The van der Waals surface area contributed by atoms with Crippen molar-refractivity contribution in [1.82, 2.24) is 4.98 Å². The maximum atomic E-state index is 12.3. The van der Waals surface area contributed by atoms with Crippen molar-refractivity contribution in [2.45, 2.75) is 11.8 Å².